The highest BCUT2D eigenvalue weighted by Gasteiger charge is 2.24. The smallest absolute Gasteiger partial charge is 0.0992 e. The van der Waals surface area contributed by atoms with E-state index in [1.165, 1.54) is 0 Å². The molecule has 0 saturated carbocycles. The van der Waals surface area contributed by atoms with Crippen molar-refractivity contribution in [1.82, 2.24) is 14.1 Å². The highest BCUT2D eigenvalue weighted by molar-refractivity contribution is 6.12. The van der Waals surface area contributed by atoms with E-state index in [-0.39, 0.29) is 0 Å². The fourth-order valence-electron chi connectivity index (χ4n) is 7.73. The van der Waals surface area contributed by atoms with Crippen molar-refractivity contribution >= 4 is 43.6 Å². The maximum Gasteiger partial charge on any atom is 0.0992 e. The molecule has 55 heavy (non-hydrogen) atoms. The molecular weight excluding hydrogens is 677 g/mol. The number of aromatic nitrogens is 3. The second-order valence-corrected chi connectivity index (χ2v) is 13.3. The minimum atomic E-state index is 0.476. The highest BCUT2D eigenvalue weighted by Crippen LogP contribution is 2.44. The predicted molar refractivity (Wildman–Crippen MR) is 212 cm³/mol. The van der Waals surface area contributed by atoms with Crippen LogP contribution in [0.4, 0.5) is 0 Å². The summed E-state index contributed by atoms with van der Waals surface area (Å²) in [4.78, 5) is 4.39. The fourth-order valence-corrected chi connectivity index (χ4v) is 7.73. The largest absolute Gasteiger partial charge is 0.307 e. The normalized spacial score (nSPS) is 10.9. The Labute approximate surface area is 315 Å². The predicted octanol–water partition coefficient (Wildman–Crippen LogP) is 10.3. The minimum absolute atomic E-state index is 0.476. The SMILES string of the molecule is Cc1cnccc1-c1cc(-n2c3cc(C#N)ccc3c3ccc(C#N)cc32)c(-n2c3cc(C#N)ccc3c3ccc(C#N)cc32)cc1-c1ccc(C#N)cc1. The summed E-state index contributed by atoms with van der Waals surface area (Å²) >= 11 is 0. The van der Waals surface area contributed by atoms with Crippen LogP contribution in [0.3, 0.4) is 0 Å². The topological polar surface area (TPSA) is 142 Å². The third kappa shape index (κ3) is 5.06. The summed E-state index contributed by atoms with van der Waals surface area (Å²) in [5, 5.41) is 53.7. The number of nitriles is 5. The Hall–Kier alpha value is -8.48. The van der Waals surface area contributed by atoms with Crippen LogP contribution in [0.2, 0.25) is 0 Å². The molecule has 0 unspecified atom stereocenters. The molecule has 6 aromatic carbocycles. The molecule has 0 radical (unpaired) electrons. The molecule has 8 heteroatoms. The molecule has 0 aliphatic heterocycles. The lowest BCUT2D eigenvalue weighted by molar-refractivity contribution is 1.09. The molecule has 0 spiro atoms. The summed E-state index contributed by atoms with van der Waals surface area (Å²) in [6.07, 6.45) is 3.58. The molecule has 3 heterocycles. The molecule has 8 nitrogen and oxygen atoms in total. The first-order valence-electron chi connectivity index (χ1n) is 17.3. The monoisotopic (exact) mass is 700 g/mol. The summed E-state index contributed by atoms with van der Waals surface area (Å²) < 4.78 is 4.20. The summed E-state index contributed by atoms with van der Waals surface area (Å²) in [7, 11) is 0. The van der Waals surface area contributed by atoms with Crippen molar-refractivity contribution < 1.29 is 0 Å². The van der Waals surface area contributed by atoms with Crippen molar-refractivity contribution in [2.24, 2.45) is 0 Å². The van der Waals surface area contributed by atoms with E-state index in [4.69, 9.17) is 0 Å². The van der Waals surface area contributed by atoms with Gasteiger partial charge >= 0.3 is 0 Å². The Balaban J connectivity index is 1.55. The first-order valence-corrected chi connectivity index (χ1v) is 17.3. The van der Waals surface area contributed by atoms with Crippen LogP contribution in [-0.2, 0) is 0 Å². The number of aryl methyl sites for hydroxylation is 1. The molecule has 0 amide bonds. The summed E-state index contributed by atoms with van der Waals surface area (Å²) in [5.41, 5.74) is 11.5. The molecule has 0 bridgehead atoms. The maximum atomic E-state index is 10.1. The molecule has 0 aliphatic carbocycles. The number of rotatable bonds is 4. The van der Waals surface area contributed by atoms with Crippen LogP contribution in [0.5, 0.6) is 0 Å². The van der Waals surface area contributed by atoms with Crippen LogP contribution in [0.1, 0.15) is 33.4 Å². The van der Waals surface area contributed by atoms with Crippen LogP contribution in [0.15, 0.2) is 128 Å². The fraction of sp³-hybridized carbons (Fsp3) is 0.0213. The Morgan fingerprint density at radius 2 is 0.800 bits per heavy atom. The van der Waals surface area contributed by atoms with Crippen LogP contribution in [0, 0.1) is 63.6 Å². The number of hydrogen-bond acceptors (Lipinski definition) is 6. The van der Waals surface area contributed by atoms with E-state index in [1.54, 1.807) is 42.6 Å². The Kier molecular flexibility index (Phi) is 7.45. The van der Waals surface area contributed by atoms with Gasteiger partial charge in [-0.3, -0.25) is 4.98 Å². The number of hydrogen-bond donors (Lipinski definition) is 0. The summed E-state index contributed by atoms with van der Waals surface area (Å²) in [5.74, 6) is 0. The molecule has 9 aromatic rings. The van der Waals surface area contributed by atoms with Gasteiger partial charge < -0.3 is 9.13 Å². The second kappa shape index (κ2) is 12.6. The first kappa shape index (κ1) is 32.4. The van der Waals surface area contributed by atoms with E-state index in [0.717, 1.165) is 82.8 Å². The zero-order valence-corrected chi connectivity index (χ0v) is 29.2. The average molecular weight is 701 g/mol. The van der Waals surface area contributed by atoms with Crippen LogP contribution < -0.4 is 0 Å². The van der Waals surface area contributed by atoms with Crippen molar-refractivity contribution in [1.29, 1.82) is 26.3 Å². The van der Waals surface area contributed by atoms with Crippen LogP contribution in [0.25, 0.3) is 77.2 Å². The van der Waals surface area contributed by atoms with Gasteiger partial charge in [-0.25, -0.2) is 0 Å². The van der Waals surface area contributed by atoms with E-state index < -0.39 is 0 Å². The molecule has 0 saturated heterocycles. The molecule has 0 N–H and O–H groups in total. The van der Waals surface area contributed by atoms with E-state index in [9.17, 15) is 26.3 Å². The van der Waals surface area contributed by atoms with Gasteiger partial charge in [0.2, 0.25) is 0 Å². The van der Waals surface area contributed by atoms with Gasteiger partial charge in [0.05, 0.1) is 91.6 Å². The third-order valence-electron chi connectivity index (χ3n) is 10.3. The van der Waals surface area contributed by atoms with Gasteiger partial charge in [0, 0.05) is 33.9 Å². The third-order valence-corrected chi connectivity index (χ3v) is 10.3. The Morgan fingerprint density at radius 1 is 0.418 bits per heavy atom. The van der Waals surface area contributed by atoms with Gasteiger partial charge in [0.1, 0.15) is 0 Å². The lowest BCUT2D eigenvalue weighted by atomic mass is 9.91. The average Bonchev–Trinajstić information content (AvgIpc) is 3.73. The van der Waals surface area contributed by atoms with Crippen molar-refractivity contribution in [3.63, 3.8) is 0 Å². The van der Waals surface area contributed by atoms with E-state index >= 15 is 0 Å². The van der Waals surface area contributed by atoms with Crippen LogP contribution >= 0.6 is 0 Å². The standard InChI is InChI=1S/C47H24N8/c1-28-27-53-15-14-35(28)41-21-47(55-44-18-32(25-51)6-12-38(44)39-13-7-33(26-52)19-45(39)55)46(20-40(41)34-8-2-29(22-48)3-9-34)54-42-16-30(23-49)4-10-36(42)37-11-5-31(24-50)17-43(37)54/h2-21,27H,1H3. The highest BCUT2D eigenvalue weighted by atomic mass is 15.1. The van der Waals surface area contributed by atoms with Crippen LogP contribution in [-0.4, -0.2) is 14.1 Å². The molecule has 9 rings (SSSR count). The van der Waals surface area contributed by atoms with E-state index in [0.29, 0.717) is 27.8 Å². The molecular formula is C47H24N8. The van der Waals surface area contributed by atoms with Crippen molar-refractivity contribution in [2.75, 3.05) is 0 Å². The molecule has 0 atom stereocenters. The molecule has 252 valence electrons. The summed E-state index contributed by atoms with van der Waals surface area (Å²) in [6, 6.07) is 47.5. The van der Waals surface area contributed by atoms with Crippen molar-refractivity contribution in [2.45, 2.75) is 6.92 Å². The van der Waals surface area contributed by atoms with Gasteiger partial charge in [-0.05, 0) is 114 Å². The second-order valence-electron chi connectivity index (χ2n) is 13.3. The molecule has 3 aromatic heterocycles. The lowest BCUT2D eigenvalue weighted by Crippen LogP contribution is -2.06. The van der Waals surface area contributed by atoms with Gasteiger partial charge in [-0.15, -0.1) is 0 Å². The van der Waals surface area contributed by atoms with Gasteiger partial charge in [-0.1, -0.05) is 36.4 Å². The zero-order valence-electron chi connectivity index (χ0n) is 29.2. The Bertz CT molecular complexity index is 3180. The van der Waals surface area contributed by atoms with Crippen molar-refractivity contribution in [3.8, 4) is 64.0 Å². The van der Waals surface area contributed by atoms with E-state index in [1.807, 2.05) is 79.9 Å². The molecule has 0 fully saturated rings. The van der Waals surface area contributed by atoms with Gasteiger partial charge in [-0.2, -0.15) is 26.3 Å². The number of pyridine rings is 1. The van der Waals surface area contributed by atoms with Gasteiger partial charge in [0.15, 0.2) is 0 Å². The van der Waals surface area contributed by atoms with E-state index in [2.05, 4.69) is 56.6 Å². The van der Waals surface area contributed by atoms with Crippen molar-refractivity contribution in [3.05, 3.63) is 161 Å². The number of nitrogens with zero attached hydrogens (tertiary/aromatic N) is 8. The number of benzene rings is 6. The minimum Gasteiger partial charge on any atom is -0.307 e. The lowest BCUT2D eigenvalue weighted by Gasteiger charge is -2.22. The quantitative estimate of drug-likeness (QED) is 0.179. The van der Waals surface area contributed by atoms with Gasteiger partial charge in [0.25, 0.3) is 0 Å². The Morgan fingerprint density at radius 3 is 1.18 bits per heavy atom. The first-order chi connectivity index (χ1) is 26.9. The molecule has 0 aliphatic rings. The number of fused-ring (bicyclic) bond motifs is 6. The zero-order chi connectivity index (χ0) is 37.8. The maximum absolute atomic E-state index is 10.1. The summed E-state index contributed by atoms with van der Waals surface area (Å²) in [6.45, 7) is 2.01.